The van der Waals surface area contributed by atoms with Crippen molar-refractivity contribution in [1.29, 1.82) is 0 Å². The van der Waals surface area contributed by atoms with E-state index >= 15 is 0 Å². The van der Waals surface area contributed by atoms with E-state index in [4.69, 9.17) is 5.73 Å². The van der Waals surface area contributed by atoms with Crippen molar-refractivity contribution in [3.8, 4) is 0 Å². The molecular formula is C36H51F2N3O2. The number of halogens is 2. The first-order valence-corrected chi connectivity index (χ1v) is 16.6. The standard InChI is InChI=1S/C36H51F2N3O2/c1-34(2,17-14-25-12-13-25)27-9-8-10-28(21-27)35(15-5-3-6-16-35)40-24-32(42)36(41-33(43)11-4-7-18-39)23-31(36)26-19-29(37)22-30(38)20-26/h8-10,19-22,25,31-32,40,42H,3-7,11-18,23-24,39H2,1-2H3,(H,41,43)/t31?,32-,36+/m1/s1. The van der Waals surface area contributed by atoms with Gasteiger partial charge in [-0.2, -0.15) is 0 Å². The van der Waals surface area contributed by atoms with Crippen LogP contribution in [0.15, 0.2) is 42.5 Å². The lowest BCUT2D eigenvalue weighted by molar-refractivity contribution is -0.123. The molecule has 2 aromatic carbocycles. The molecule has 0 spiro atoms. The molecule has 7 heteroatoms. The van der Waals surface area contributed by atoms with Crippen LogP contribution in [0.3, 0.4) is 0 Å². The fourth-order valence-corrected chi connectivity index (χ4v) is 7.36. The van der Waals surface area contributed by atoms with Gasteiger partial charge < -0.3 is 21.5 Å². The summed E-state index contributed by atoms with van der Waals surface area (Å²) in [6.07, 6.45) is 11.7. The second-order valence-electron chi connectivity index (χ2n) is 14.3. The average Bonchev–Trinajstić information content (AvgIpc) is 3.92. The summed E-state index contributed by atoms with van der Waals surface area (Å²) in [7, 11) is 0. The maximum atomic E-state index is 14.2. The van der Waals surface area contributed by atoms with Gasteiger partial charge in [0, 0.05) is 30.5 Å². The molecule has 43 heavy (non-hydrogen) atoms. The molecule has 3 aliphatic rings. The number of rotatable bonds is 15. The third kappa shape index (κ3) is 7.66. The number of nitrogens with one attached hydrogen (secondary N) is 2. The van der Waals surface area contributed by atoms with Crippen molar-refractivity contribution < 1.29 is 18.7 Å². The van der Waals surface area contributed by atoms with E-state index in [1.165, 1.54) is 55.4 Å². The molecule has 3 atom stereocenters. The number of aliphatic hydroxyl groups excluding tert-OH is 1. The van der Waals surface area contributed by atoms with Crippen LogP contribution in [0.5, 0.6) is 0 Å². The number of unbranched alkanes of at least 4 members (excludes halogenated alkanes) is 1. The predicted molar refractivity (Wildman–Crippen MR) is 168 cm³/mol. The van der Waals surface area contributed by atoms with Gasteiger partial charge >= 0.3 is 0 Å². The molecule has 5 rings (SSSR count). The first-order chi connectivity index (χ1) is 20.6. The number of carbonyl (C=O) groups is 1. The van der Waals surface area contributed by atoms with Crippen LogP contribution >= 0.6 is 0 Å². The van der Waals surface area contributed by atoms with E-state index in [9.17, 15) is 18.7 Å². The molecule has 3 fully saturated rings. The summed E-state index contributed by atoms with van der Waals surface area (Å²) in [6, 6.07) is 12.5. The summed E-state index contributed by atoms with van der Waals surface area (Å²) in [6.45, 7) is 5.48. The zero-order valence-electron chi connectivity index (χ0n) is 26.1. The molecule has 236 valence electrons. The molecule has 0 heterocycles. The summed E-state index contributed by atoms with van der Waals surface area (Å²) < 4.78 is 28.3. The molecular weight excluding hydrogens is 544 g/mol. The summed E-state index contributed by atoms with van der Waals surface area (Å²) in [5, 5.41) is 18.6. The van der Waals surface area contributed by atoms with Gasteiger partial charge in [-0.25, -0.2) is 8.78 Å². The lowest BCUT2D eigenvalue weighted by Gasteiger charge is -2.41. The van der Waals surface area contributed by atoms with Crippen molar-refractivity contribution in [2.24, 2.45) is 11.7 Å². The second kappa shape index (κ2) is 13.3. The smallest absolute Gasteiger partial charge is 0.220 e. The van der Waals surface area contributed by atoms with Gasteiger partial charge in [-0.1, -0.05) is 70.2 Å². The monoisotopic (exact) mass is 595 g/mol. The largest absolute Gasteiger partial charge is 0.389 e. The minimum absolute atomic E-state index is 0.0909. The number of benzene rings is 2. The third-order valence-electron chi connectivity index (χ3n) is 10.5. The highest BCUT2D eigenvalue weighted by atomic mass is 19.1. The molecule has 5 N–H and O–H groups in total. The maximum absolute atomic E-state index is 14.2. The molecule has 1 amide bonds. The minimum Gasteiger partial charge on any atom is -0.389 e. The quantitative estimate of drug-likeness (QED) is 0.172. The lowest BCUT2D eigenvalue weighted by atomic mass is 9.73. The zero-order valence-corrected chi connectivity index (χ0v) is 26.1. The van der Waals surface area contributed by atoms with Crippen LogP contribution in [0.2, 0.25) is 0 Å². The Balaban J connectivity index is 1.35. The Bertz CT molecular complexity index is 1240. The topological polar surface area (TPSA) is 87.4 Å². The maximum Gasteiger partial charge on any atom is 0.220 e. The van der Waals surface area contributed by atoms with Crippen molar-refractivity contribution >= 4 is 5.91 Å². The molecule has 0 bridgehead atoms. The average molecular weight is 596 g/mol. The Kier molecular flexibility index (Phi) is 9.94. The Morgan fingerprint density at radius 2 is 1.79 bits per heavy atom. The highest BCUT2D eigenvalue weighted by Gasteiger charge is 2.60. The van der Waals surface area contributed by atoms with E-state index in [-0.39, 0.29) is 29.3 Å². The van der Waals surface area contributed by atoms with Crippen molar-refractivity contribution in [2.45, 2.75) is 126 Å². The second-order valence-corrected chi connectivity index (χ2v) is 14.3. The van der Waals surface area contributed by atoms with Crippen LogP contribution in [0, 0.1) is 17.6 Å². The van der Waals surface area contributed by atoms with Gasteiger partial charge in [0.05, 0.1) is 11.6 Å². The molecule has 0 radical (unpaired) electrons. The zero-order chi connectivity index (χ0) is 30.7. The van der Waals surface area contributed by atoms with Gasteiger partial charge in [-0.05, 0) is 91.6 Å². The molecule has 3 saturated carbocycles. The van der Waals surface area contributed by atoms with Crippen molar-refractivity contribution in [2.75, 3.05) is 13.1 Å². The number of amides is 1. The normalized spacial score (nSPS) is 24.0. The molecule has 0 aliphatic heterocycles. The van der Waals surface area contributed by atoms with E-state index in [1.807, 2.05) is 0 Å². The Labute approximate surface area is 256 Å². The molecule has 1 unspecified atom stereocenters. The summed E-state index contributed by atoms with van der Waals surface area (Å²) >= 11 is 0. The van der Waals surface area contributed by atoms with Gasteiger partial charge in [0.25, 0.3) is 0 Å². The number of hydrogen-bond acceptors (Lipinski definition) is 4. The summed E-state index contributed by atoms with van der Waals surface area (Å²) in [4.78, 5) is 13.0. The van der Waals surface area contributed by atoms with Gasteiger partial charge in [-0.15, -0.1) is 0 Å². The van der Waals surface area contributed by atoms with Crippen molar-refractivity contribution in [3.05, 3.63) is 70.8 Å². The minimum atomic E-state index is -0.977. The van der Waals surface area contributed by atoms with Gasteiger partial charge in [0.1, 0.15) is 11.6 Å². The highest BCUT2D eigenvalue weighted by Crippen LogP contribution is 2.54. The molecule has 3 aliphatic carbocycles. The molecule has 0 saturated heterocycles. The number of aliphatic hydroxyl groups is 1. The van der Waals surface area contributed by atoms with E-state index in [0.717, 1.165) is 44.1 Å². The fourth-order valence-electron chi connectivity index (χ4n) is 7.36. The number of hydrogen-bond donors (Lipinski definition) is 4. The van der Waals surface area contributed by atoms with E-state index in [0.29, 0.717) is 31.4 Å². The third-order valence-corrected chi connectivity index (χ3v) is 10.5. The summed E-state index contributed by atoms with van der Waals surface area (Å²) in [5.41, 5.74) is 7.53. The fraction of sp³-hybridized carbons (Fsp3) is 0.639. The van der Waals surface area contributed by atoms with E-state index < -0.39 is 23.3 Å². The molecule has 0 aromatic heterocycles. The van der Waals surface area contributed by atoms with Gasteiger partial charge in [0.15, 0.2) is 0 Å². The first-order valence-electron chi connectivity index (χ1n) is 16.6. The first kappa shape index (κ1) is 32.1. The van der Waals surface area contributed by atoms with Crippen LogP contribution in [-0.4, -0.2) is 35.7 Å². The predicted octanol–water partition coefficient (Wildman–Crippen LogP) is 6.71. The number of nitrogens with two attached hydrogens (primary N) is 1. The molecule has 5 nitrogen and oxygen atoms in total. The van der Waals surface area contributed by atoms with Gasteiger partial charge in [-0.3, -0.25) is 4.79 Å². The van der Waals surface area contributed by atoms with Crippen LogP contribution in [0.1, 0.15) is 120 Å². The van der Waals surface area contributed by atoms with Crippen LogP contribution in [0.25, 0.3) is 0 Å². The van der Waals surface area contributed by atoms with Crippen LogP contribution in [-0.2, 0) is 15.7 Å². The Morgan fingerprint density at radius 3 is 2.47 bits per heavy atom. The Morgan fingerprint density at radius 1 is 1.07 bits per heavy atom. The van der Waals surface area contributed by atoms with Crippen molar-refractivity contribution in [1.82, 2.24) is 10.6 Å². The highest BCUT2D eigenvalue weighted by molar-refractivity contribution is 5.78. The van der Waals surface area contributed by atoms with Crippen molar-refractivity contribution in [3.63, 3.8) is 0 Å². The summed E-state index contributed by atoms with van der Waals surface area (Å²) in [5.74, 6) is -0.942. The molecule has 2 aromatic rings. The Hall–Kier alpha value is -2.35. The SMILES string of the molecule is CC(C)(CCC1CC1)c1cccc(C2(NC[C@@H](O)[C@]3(NC(=O)CCCCN)CC3c3cc(F)cc(F)c3)CCCCC2)c1. The van der Waals surface area contributed by atoms with Gasteiger partial charge in [0.2, 0.25) is 5.91 Å². The lowest BCUT2D eigenvalue weighted by Crippen LogP contribution is -2.54. The number of carbonyl (C=O) groups excluding carboxylic acids is 1. The van der Waals surface area contributed by atoms with Crippen LogP contribution < -0.4 is 16.4 Å². The van der Waals surface area contributed by atoms with E-state index in [1.54, 1.807) is 0 Å². The van der Waals surface area contributed by atoms with E-state index in [2.05, 4.69) is 48.7 Å². The van der Waals surface area contributed by atoms with Crippen LogP contribution in [0.4, 0.5) is 8.78 Å².